The molecule has 2 aliphatic rings. The molecule has 10 heteroatoms. The van der Waals surface area contributed by atoms with E-state index < -0.39 is 29.7 Å². The van der Waals surface area contributed by atoms with Crippen molar-refractivity contribution in [3.63, 3.8) is 0 Å². The van der Waals surface area contributed by atoms with Crippen molar-refractivity contribution in [2.75, 3.05) is 33.0 Å². The summed E-state index contributed by atoms with van der Waals surface area (Å²) >= 11 is 0. The van der Waals surface area contributed by atoms with Crippen molar-refractivity contribution in [3.05, 3.63) is 29.3 Å². The zero-order valence-electron chi connectivity index (χ0n) is 16.3. The Balaban J connectivity index is 1.51. The molecule has 4 amide bonds. The Hall–Kier alpha value is -3.11. The zero-order chi connectivity index (χ0) is 21.5. The van der Waals surface area contributed by atoms with Crippen molar-refractivity contribution in [1.29, 1.82) is 0 Å². The number of carbonyl (C=O) groups is 5. The van der Waals surface area contributed by atoms with Gasteiger partial charge in [0.05, 0.1) is 37.6 Å². The van der Waals surface area contributed by atoms with Crippen LogP contribution in [0.5, 0.6) is 5.75 Å². The third-order valence-electron chi connectivity index (χ3n) is 4.66. The van der Waals surface area contributed by atoms with Gasteiger partial charge < -0.3 is 19.0 Å². The number of fused-ring (bicyclic) bond motifs is 1. The molecule has 1 atom stereocenters. The average Bonchev–Trinajstić information content (AvgIpc) is 2.97. The summed E-state index contributed by atoms with van der Waals surface area (Å²) in [6.07, 6.45) is 1.31. The van der Waals surface area contributed by atoms with E-state index >= 15 is 0 Å². The highest BCUT2D eigenvalue weighted by atomic mass is 16.5. The Bertz CT molecular complexity index is 853. The van der Waals surface area contributed by atoms with Crippen LogP contribution < -0.4 is 10.1 Å². The van der Waals surface area contributed by atoms with Crippen LogP contribution in [0.2, 0.25) is 0 Å². The van der Waals surface area contributed by atoms with E-state index in [0.29, 0.717) is 38.6 Å². The minimum atomic E-state index is -0.999. The van der Waals surface area contributed by atoms with Crippen LogP contribution in [-0.2, 0) is 23.9 Å². The zero-order valence-corrected chi connectivity index (χ0v) is 16.3. The summed E-state index contributed by atoms with van der Waals surface area (Å²) in [7, 11) is 0. The predicted octanol–water partition coefficient (Wildman–Crippen LogP) is 0.0888. The molecular formula is C20H22N2O8. The normalized spacial score (nSPS) is 18.4. The van der Waals surface area contributed by atoms with Crippen LogP contribution in [0.1, 0.15) is 40.0 Å². The van der Waals surface area contributed by atoms with Gasteiger partial charge in [-0.15, -0.1) is 0 Å². The van der Waals surface area contributed by atoms with E-state index in [9.17, 15) is 24.0 Å². The molecule has 2 heterocycles. The summed E-state index contributed by atoms with van der Waals surface area (Å²) in [5, 5.41) is 2.16. The lowest BCUT2D eigenvalue weighted by Crippen LogP contribution is -2.54. The molecule has 0 aliphatic carbocycles. The van der Waals surface area contributed by atoms with E-state index in [0.717, 1.165) is 11.2 Å². The highest BCUT2D eigenvalue weighted by Gasteiger charge is 2.44. The lowest BCUT2D eigenvalue weighted by molar-refractivity contribution is -0.136. The minimum Gasteiger partial charge on any atom is -0.491 e. The van der Waals surface area contributed by atoms with Gasteiger partial charge in [-0.05, 0) is 24.6 Å². The van der Waals surface area contributed by atoms with Crippen LogP contribution in [0.3, 0.4) is 0 Å². The fraction of sp³-hybridized carbons (Fsp3) is 0.450. The molecule has 0 radical (unpaired) electrons. The molecule has 10 nitrogen and oxygen atoms in total. The van der Waals surface area contributed by atoms with Crippen molar-refractivity contribution in [2.45, 2.75) is 25.3 Å². The lowest BCUT2D eigenvalue weighted by atomic mass is 10.0. The molecule has 0 spiro atoms. The fourth-order valence-electron chi connectivity index (χ4n) is 3.21. The summed E-state index contributed by atoms with van der Waals surface area (Å²) in [6.45, 7) is 1.62. The monoisotopic (exact) mass is 418 g/mol. The maximum Gasteiger partial charge on any atom is 0.262 e. The van der Waals surface area contributed by atoms with Crippen LogP contribution in [-0.4, -0.2) is 73.9 Å². The minimum absolute atomic E-state index is 0.0697. The molecule has 1 aromatic rings. The van der Waals surface area contributed by atoms with Gasteiger partial charge >= 0.3 is 0 Å². The first-order valence-electron chi connectivity index (χ1n) is 9.60. The number of amides is 4. The number of ether oxygens (including phenoxy) is 3. The van der Waals surface area contributed by atoms with Gasteiger partial charge in [0.15, 0.2) is 0 Å². The summed E-state index contributed by atoms with van der Waals surface area (Å²) in [4.78, 5) is 59.8. The summed E-state index contributed by atoms with van der Waals surface area (Å²) in [6, 6.07) is 3.52. The number of imide groups is 2. The van der Waals surface area contributed by atoms with Gasteiger partial charge in [-0.2, -0.15) is 0 Å². The predicted molar refractivity (Wildman–Crippen MR) is 101 cm³/mol. The topological polar surface area (TPSA) is 128 Å². The van der Waals surface area contributed by atoms with Crippen molar-refractivity contribution in [3.8, 4) is 5.75 Å². The molecule has 0 aromatic heterocycles. The third-order valence-corrected chi connectivity index (χ3v) is 4.66. The standard InChI is InChI=1S/C20H22N2O8/c23-6-1-7-28-8-9-29-10-11-30-13-2-3-14-15(12-13)20(27)22(19(14)26)16-4-5-17(24)21-18(16)25/h2-3,6,12,16H,1,4-5,7-11H2,(H,21,24,25). The number of carbonyl (C=O) groups excluding carboxylic acids is 5. The number of nitrogens with one attached hydrogen (secondary N) is 1. The van der Waals surface area contributed by atoms with Gasteiger partial charge in [-0.3, -0.25) is 29.4 Å². The average molecular weight is 418 g/mol. The Labute approximate surface area is 172 Å². The van der Waals surface area contributed by atoms with E-state index in [1.54, 1.807) is 6.07 Å². The molecule has 1 unspecified atom stereocenters. The molecule has 30 heavy (non-hydrogen) atoms. The lowest BCUT2D eigenvalue weighted by Gasteiger charge is -2.27. The molecule has 1 N–H and O–H groups in total. The van der Waals surface area contributed by atoms with Gasteiger partial charge in [0.1, 0.15) is 24.7 Å². The highest BCUT2D eigenvalue weighted by molar-refractivity contribution is 6.23. The first-order valence-corrected chi connectivity index (χ1v) is 9.60. The summed E-state index contributed by atoms with van der Waals surface area (Å²) in [5.41, 5.74) is 0.354. The van der Waals surface area contributed by atoms with Gasteiger partial charge in [0.25, 0.3) is 11.8 Å². The smallest absolute Gasteiger partial charge is 0.262 e. The number of nitrogens with zero attached hydrogens (tertiary/aromatic N) is 1. The Morgan fingerprint density at radius 2 is 1.67 bits per heavy atom. The molecule has 160 valence electrons. The molecule has 1 aromatic carbocycles. The van der Waals surface area contributed by atoms with Crippen molar-refractivity contribution >= 4 is 29.9 Å². The Morgan fingerprint density at radius 1 is 0.967 bits per heavy atom. The van der Waals surface area contributed by atoms with E-state index in [1.165, 1.54) is 12.1 Å². The van der Waals surface area contributed by atoms with Crippen LogP contribution >= 0.6 is 0 Å². The number of hydrogen-bond donors (Lipinski definition) is 1. The van der Waals surface area contributed by atoms with Gasteiger partial charge in [-0.1, -0.05) is 0 Å². The Kier molecular flexibility index (Phi) is 7.26. The number of hydrogen-bond acceptors (Lipinski definition) is 8. The fourth-order valence-corrected chi connectivity index (χ4v) is 3.21. The maximum absolute atomic E-state index is 12.7. The van der Waals surface area contributed by atoms with E-state index in [4.69, 9.17) is 14.2 Å². The molecule has 3 rings (SSSR count). The number of piperidine rings is 1. The first-order chi connectivity index (χ1) is 14.5. The van der Waals surface area contributed by atoms with Crippen molar-refractivity contribution < 1.29 is 38.2 Å². The molecule has 2 aliphatic heterocycles. The molecule has 1 fully saturated rings. The maximum atomic E-state index is 12.7. The van der Waals surface area contributed by atoms with Gasteiger partial charge in [0.2, 0.25) is 11.8 Å². The molecular weight excluding hydrogens is 396 g/mol. The highest BCUT2D eigenvalue weighted by Crippen LogP contribution is 2.30. The van der Waals surface area contributed by atoms with Crippen LogP contribution in [0.4, 0.5) is 0 Å². The number of benzene rings is 1. The largest absolute Gasteiger partial charge is 0.491 e. The quantitative estimate of drug-likeness (QED) is 0.304. The number of rotatable bonds is 11. The van der Waals surface area contributed by atoms with Crippen molar-refractivity contribution in [1.82, 2.24) is 10.2 Å². The van der Waals surface area contributed by atoms with E-state index in [-0.39, 0.29) is 30.6 Å². The summed E-state index contributed by atoms with van der Waals surface area (Å²) in [5.74, 6) is -1.82. The number of aldehydes is 1. The second kappa shape index (κ2) is 10.1. The van der Waals surface area contributed by atoms with Crippen molar-refractivity contribution in [2.24, 2.45) is 0 Å². The summed E-state index contributed by atoms with van der Waals surface area (Å²) < 4.78 is 16.1. The Morgan fingerprint density at radius 3 is 2.40 bits per heavy atom. The van der Waals surface area contributed by atoms with Gasteiger partial charge in [-0.25, -0.2) is 0 Å². The SMILES string of the molecule is O=CCCOCCOCCOc1ccc2c(c1)C(=O)N(C1CCC(=O)NC1=O)C2=O. The van der Waals surface area contributed by atoms with Gasteiger partial charge in [0, 0.05) is 12.8 Å². The first kappa shape index (κ1) is 21.6. The van der Waals surface area contributed by atoms with E-state index in [1.807, 2.05) is 0 Å². The van der Waals surface area contributed by atoms with Crippen LogP contribution in [0, 0.1) is 0 Å². The third kappa shape index (κ3) is 4.89. The molecule has 0 bridgehead atoms. The van der Waals surface area contributed by atoms with Crippen LogP contribution in [0.15, 0.2) is 18.2 Å². The molecule has 0 saturated carbocycles. The van der Waals surface area contributed by atoms with E-state index in [2.05, 4.69) is 5.32 Å². The second-order valence-corrected chi connectivity index (χ2v) is 6.68. The molecule has 1 saturated heterocycles. The second-order valence-electron chi connectivity index (χ2n) is 6.68. The van der Waals surface area contributed by atoms with Crippen LogP contribution in [0.25, 0.3) is 0 Å².